The summed E-state index contributed by atoms with van der Waals surface area (Å²) in [6, 6.07) is 0.873. The molecule has 0 fully saturated rings. The zero-order valence-electron chi connectivity index (χ0n) is 25.3. The summed E-state index contributed by atoms with van der Waals surface area (Å²) in [5.41, 5.74) is 0. The molecule has 0 saturated carbocycles. The fraction of sp³-hybridized carbons (Fsp3) is 1.00. The van der Waals surface area contributed by atoms with Crippen molar-refractivity contribution in [1.29, 1.82) is 0 Å². The third-order valence-electron chi connectivity index (χ3n) is 5.09. The summed E-state index contributed by atoms with van der Waals surface area (Å²) in [6.07, 6.45) is 3.69. The van der Waals surface area contributed by atoms with Gasteiger partial charge in [-0.05, 0) is 104 Å². The van der Waals surface area contributed by atoms with Crippen LogP contribution in [0.3, 0.4) is 0 Å². The highest BCUT2D eigenvalue weighted by Crippen LogP contribution is 2.32. The Balaban J connectivity index is 4.84. The van der Waals surface area contributed by atoms with E-state index in [1.54, 1.807) is 7.11 Å². The van der Waals surface area contributed by atoms with Crippen LogP contribution in [-0.2, 0) is 31.3 Å². The number of hydrogen-bond donors (Lipinski definition) is 0. The largest absolute Gasteiger partial charge is 0.436 e. The van der Waals surface area contributed by atoms with Crippen molar-refractivity contribution in [3.63, 3.8) is 0 Å². The quantitative estimate of drug-likeness (QED) is 0.0848. The average Bonchev–Trinajstić information content (AvgIpc) is 2.64. The van der Waals surface area contributed by atoms with Crippen molar-refractivity contribution < 1.29 is 31.3 Å². The monoisotopic (exact) mass is 570 g/mol. The average molecular weight is 571 g/mol. The van der Waals surface area contributed by atoms with Crippen LogP contribution in [0.2, 0.25) is 65.0 Å². The summed E-state index contributed by atoms with van der Waals surface area (Å²) in [6.45, 7) is 28.8. The molecular formula is C24H58O7Si4. The minimum absolute atomic E-state index is 0.219. The molecule has 0 aromatic rings. The molecular weight excluding hydrogens is 513 g/mol. The first-order valence-electron chi connectivity index (χ1n) is 13.3. The highest BCUT2D eigenvalue weighted by Gasteiger charge is 2.46. The molecule has 0 spiro atoms. The number of ether oxygens (including phenoxy) is 3. The third kappa shape index (κ3) is 19.3. The van der Waals surface area contributed by atoms with Crippen LogP contribution in [0.4, 0.5) is 0 Å². The summed E-state index contributed by atoms with van der Waals surface area (Å²) in [5, 5.41) is 0. The van der Waals surface area contributed by atoms with Crippen molar-refractivity contribution >= 4 is 33.8 Å². The molecule has 0 bridgehead atoms. The van der Waals surface area contributed by atoms with Crippen LogP contribution < -0.4 is 0 Å². The van der Waals surface area contributed by atoms with Crippen LogP contribution in [0, 0.1) is 0 Å². The summed E-state index contributed by atoms with van der Waals surface area (Å²) in [7, 11) is -6.67. The fourth-order valence-electron chi connectivity index (χ4n) is 4.08. The minimum Gasteiger partial charge on any atom is -0.436 e. The summed E-state index contributed by atoms with van der Waals surface area (Å²) in [5.74, 6) is -0.715. The van der Waals surface area contributed by atoms with Gasteiger partial charge in [-0.1, -0.05) is 6.92 Å². The molecule has 35 heavy (non-hydrogen) atoms. The predicted octanol–water partition coefficient (Wildman–Crippen LogP) is 6.86. The fourth-order valence-corrected chi connectivity index (χ4v) is 19.2. The molecule has 0 heterocycles. The number of methoxy groups -OCH3 is 1. The van der Waals surface area contributed by atoms with E-state index in [1.807, 2.05) is 0 Å². The Morgan fingerprint density at radius 2 is 1.31 bits per heavy atom. The van der Waals surface area contributed by atoms with Crippen molar-refractivity contribution in [2.75, 3.05) is 33.5 Å². The van der Waals surface area contributed by atoms with Gasteiger partial charge in [0.25, 0.3) is 0 Å². The molecule has 3 atom stereocenters. The van der Waals surface area contributed by atoms with Gasteiger partial charge in [0.2, 0.25) is 0 Å². The molecule has 0 aliphatic heterocycles. The van der Waals surface area contributed by atoms with E-state index in [0.29, 0.717) is 19.8 Å². The van der Waals surface area contributed by atoms with Crippen LogP contribution in [-0.4, -0.2) is 79.2 Å². The van der Waals surface area contributed by atoms with Gasteiger partial charge in [-0.15, -0.1) is 0 Å². The Labute approximate surface area is 221 Å². The van der Waals surface area contributed by atoms with Gasteiger partial charge in [-0.2, -0.15) is 0 Å². The molecule has 0 aromatic carbocycles. The molecule has 11 heteroatoms. The van der Waals surface area contributed by atoms with E-state index in [2.05, 4.69) is 79.7 Å². The highest BCUT2D eigenvalue weighted by molar-refractivity contribution is 6.82. The first kappa shape index (κ1) is 35.6. The molecule has 0 aliphatic rings. The van der Waals surface area contributed by atoms with Crippen molar-refractivity contribution in [1.82, 2.24) is 0 Å². The van der Waals surface area contributed by atoms with Gasteiger partial charge in [-0.25, -0.2) is 0 Å². The van der Waals surface area contributed by atoms with Crippen LogP contribution in [0.15, 0.2) is 0 Å². The lowest BCUT2D eigenvalue weighted by Crippen LogP contribution is -2.57. The van der Waals surface area contributed by atoms with Crippen molar-refractivity contribution in [2.45, 2.75) is 123 Å². The van der Waals surface area contributed by atoms with E-state index < -0.39 is 39.5 Å². The van der Waals surface area contributed by atoms with E-state index in [4.69, 9.17) is 31.3 Å². The Kier molecular flexibility index (Phi) is 16.1. The molecule has 7 nitrogen and oxygen atoms in total. The van der Waals surface area contributed by atoms with Crippen molar-refractivity contribution in [2.24, 2.45) is 0 Å². The van der Waals surface area contributed by atoms with Crippen molar-refractivity contribution in [3.05, 3.63) is 0 Å². The van der Waals surface area contributed by atoms with E-state index >= 15 is 0 Å². The van der Waals surface area contributed by atoms with Crippen LogP contribution >= 0.6 is 0 Å². The lowest BCUT2D eigenvalue weighted by atomic mass is 10.3. The Morgan fingerprint density at radius 1 is 0.743 bits per heavy atom. The summed E-state index contributed by atoms with van der Waals surface area (Å²) in [4.78, 5) is 0. The standard InChI is InChI=1S/C24H58O7Si4/c1-14-24(3,28-34(11,12)30-32(5,6)7)29-35(13,31-33(8,9)10)22-16-19-26-18-15-20-27-23(2)17-21-25-4/h23H,14-22H2,1-13H3. The molecule has 0 aromatic heterocycles. The Morgan fingerprint density at radius 3 is 1.83 bits per heavy atom. The summed E-state index contributed by atoms with van der Waals surface area (Å²) < 4.78 is 43.4. The van der Waals surface area contributed by atoms with Gasteiger partial charge in [0.15, 0.2) is 16.6 Å². The Hall–Kier alpha value is 0.588. The predicted molar refractivity (Wildman–Crippen MR) is 156 cm³/mol. The molecule has 0 radical (unpaired) electrons. The topological polar surface area (TPSA) is 64.6 Å². The maximum Gasteiger partial charge on any atom is 0.326 e. The molecule has 0 amide bonds. The van der Waals surface area contributed by atoms with Crippen LogP contribution in [0.25, 0.3) is 0 Å². The van der Waals surface area contributed by atoms with Gasteiger partial charge >= 0.3 is 17.1 Å². The maximum absolute atomic E-state index is 6.82. The van der Waals surface area contributed by atoms with Crippen LogP contribution in [0.5, 0.6) is 0 Å². The second kappa shape index (κ2) is 15.9. The molecule has 0 saturated heterocycles. The highest BCUT2D eigenvalue weighted by atomic mass is 28.4. The molecule has 212 valence electrons. The Bertz CT molecular complexity index is 569. The first-order valence-corrected chi connectivity index (χ1v) is 25.5. The van der Waals surface area contributed by atoms with Gasteiger partial charge < -0.3 is 31.3 Å². The molecule has 0 rings (SSSR count). The van der Waals surface area contributed by atoms with Crippen LogP contribution in [0.1, 0.15) is 46.5 Å². The molecule has 0 aliphatic carbocycles. The van der Waals surface area contributed by atoms with Crippen molar-refractivity contribution in [3.8, 4) is 0 Å². The van der Waals surface area contributed by atoms with E-state index in [9.17, 15) is 0 Å². The van der Waals surface area contributed by atoms with E-state index in [1.165, 1.54) is 0 Å². The minimum atomic E-state index is -2.50. The van der Waals surface area contributed by atoms with E-state index in [-0.39, 0.29) is 6.10 Å². The smallest absolute Gasteiger partial charge is 0.326 e. The normalized spacial score (nSPS) is 17.7. The molecule has 3 unspecified atom stereocenters. The second-order valence-corrected chi connectivity index (χ2v) is 28.2. The maximum atomic E-state index is 6.82. The van der Waals surface area contributed by atoms with E-state index in [0.717, 1.165) is 38.3 Å². The number of hydrogen-bond acceptors (Lipinski definition) is 7. The number of rotatable bonds is 21. The lowest BCUT2D eigenvalue weighted by Gasteiger charge is -2.45. The SMILES string of the molecule is CCC(C)(O[Si](C)(C)O[Si](C)(C)C)O[Si](C)(CCCOCCCOC(C)CCOC)O[Si](C)(C)C. The lowest BCUT2D eigenvalue weighted by molar-refractivity contribution is -0.132. The zero-order valence-corrected chi connectivity index (χ0v) is 29.3. The van der Waals surface area contributed by atoms with Gasteiger partial charge in [-0.3, -0.25) is 0 Å². The van der Waals surface area contributed by atoms with Gasteiger partial charge in [0.05, 0.1) is 6.10 Å². The summed E-state index contributed by atoms with van der Waals surface area (Å²) >= 11 is 0. The molecule has 0 N–H and O–H groups in total. The van der Waals surface area contributed by atoms with Gasteiger partial charge in [0.1, 0.15) is 5.79 Å². The third-order valence-corrected chi connectivity index (χ3v) is 16.7. The first-order chi connectivity index (χ1) is 15.8. The van der Waals surface area contributed by atoms with Gasteiger partial charge in [0, 0.05) is 33.5 Å². The second-order valence-electron chi connectivity index (χ2n) is 12.2. The zero-order chi connectivity index (χ0) is 27.4.